The van der Waals surface area contributed by atoms with Gasteiger partial charge in [-0.15, -0.1) is 23.2 Å². The first-order chi connectivity index (χ1) is 3.92. The van der Waals surface area contributed by atoms with Crippen LogP contribution in [-0.4, -0.2) is 19.0 Å². The molecule has 3 nitrogen and oxygen atoms in total. The third-order valence-electron chi connectivity index (χ3n) is 0.621. The smallest absolute Gasteiger partial charge is 0.209 e. The van der Waals surface area contributed by atoms with Crippen LogP contribution >= 0.6 is 23.2 Å². The standard InChI is InChI=1S/C3H7Cl2NO2S/c4-3(5)1-2-9(6,7)8/h3H,1-2H2,(H2,6,7,8). The van der Waals surface area contributed by atoms with Crippen LogP contribution in [0.15, 0.2) is 0 Å². The van der Waals surface area contributed by atoms with Crippen molar-refractivity contribution in [3.63, 3.8) is 0 Å². The maximum absolute atomic E-state index is 10.2. The molecule has 0 aliphatic rings. The molecule has 0 aromatic heterocycles. The summed E-state index contributed by atoms with van der Waals surface area (Å²) in [4.78, 5) is -0.650. The van der Waals surface area contributed by atoms with Crippen molar-refractivity contribution in [2.45, 2.75) is 11.3 Å². The van der Waals surface area contributed by atoms with Crippen molar-refractivity contribution in [1.29, 1.82) is 0 Å². The predicted octanol–water partition coefficient (Wildman–Crippen LogP) is 0.469. The highest BCUT2D eigenvalue weighted by molar-refractivity contribution is 7.89. The van der Waals surface area contributed by atoms with Gasteiger partial charge in [-0.2, -0.15) is 0 Å². The molecule has 0 heterocycles. The molecule has 0 bridgehead atoms. The number of alkyl halides is 2. The van der Waals surface area contributed by atoms with Gasteiger partial charge in [0.15, 0.2) is 0 Å². The minimum absolute atomic E-state index is 0.162. The lowest BCUT2D eigenvalue weighted by atomic mass is 10.6. The number of hydrogen-bond acceptors (Lipinski definition) is 2. The Morgan fingerprint density at radius 3 is 2.00 bits per heavy atom. The van der Waals surface area contributed by atoms with E-state index in [-0.39, 0.29) is 12.2 Å². The van der Waals surface area contributed by atoms with Gasteiger partial charge in [-0.3, -0.25) is 0 Å². The molecule has 0 saturated carbocycles. The Morgan fingerprint density at radius 1 is 1.44 bits per heavy atom. The van der Waals surface area contributed by atoms with Gasteiger partial charge in [0.25, 0.3) is 0 Å². The topological polar surface area (TPSA) is 60.2 Å². The molecule has 0 aromatic carbocycles. The van der Waals surface area contributed by atoms with Crippen molar-refractivity contribution in [2.24, 2.45) is 5.14 Å². The summed E-state index contributed by atoms with van der Waals surface area (Å²) in [7, 11) is -3.39. The molecule has 0 spiro atoms. The molecule has 2 N–H and O–H groups in total. The van der Waals surface area contributed by atoms with Gasteiger partial charge in [-0.1, -0.05) is 0 Å². The van der Waals surface area contributed by atoms with Gasteiger partial charge in [-0.25, -0.2) is 13.6 Å². The number of halogens is 2. The molecule has 0 aromatic rings. The van der Waals surface area contributed by atoms with Crippen LogP contribution in [0.3, 0.4) is 0 Å². The van der Waals surface area contributed by atoms with E-state index in [9.17, 15) is 8.42 Å². The second kappa shape index (κ2) is 3.61. The zero-order chi connectivity index (χ0) is 7.49. The Morgan fingerprint density at radius 2 is 1.89 bits per heavy atom. The van der Waals surface area contributed by atoms with E-state index in [1.807, 2.05) is 0 Å². The molecular weight excluding hydrogens is 185 g/mol. The van der Waals surface area contributed by atoms with Crippen molar-refractivity contribution in [1.82, 2.24) is 0 Å². The number of nitrogens with two attached hydrogens (primary N) is 1. The van der Waals surface area contributed by atoms with Crippen molar-refractivity contribution in [3.8, 4) is 0 Å². The quantitative estimate of drug-likeness (QED) is 0.660. The summed E-state index contributed by atoms with van der Waals surface area (Å²) in [5, 5.41) is 4.64. The van der Waals surface area contributed by atoms with E-state index in [1.54, 1.807) is 0 Å². The van der Waals surface area contributed by atoms with E-state index in [0.717, 1.165) is 0 Å². The summed E-state index contributed by atoms with van der Waals surface area (Å²) in [5.41, 5.74) is 0. The molecule has 9 heavy (non-hydrogen) atoms. The Bertz CT molecular complexity index is 165. The minimum Gasteiger partial charge on any atom is -0.229 e. The monoisotopic (exact) mass is 191 g/mol. The average molecular weight is 192 g/mol. The first-order valence-corrected chi connectivity index (χ1v) is 4.79. The van der Waals surface area contributed by atoms with E-state index in [0.29, 0.717) is 0 Å². The largest absolute Gasteiger partial charge is 0.229 e. The van der Waals surface area contributed by atoms with Crippen LogP contribution in [0.5, 0.6) is 0 Å². The second-order valence-electron chi connectivity index (χ2n) is 1.55. The number of primary sulfonamides is 1. The minimum atomic E-state index is -3.39. The van der Waals surface area contributed by atoms with Crippen LogP contribution in [0.1, 0.15) is 6.42 Å². The third-order valence-corrected chi connectivity index (χ3v) is 1.86. The van der Waals surface area contributed by atoms with Crippen LogP contribution in [0.25, 0.3) is 0 Å². The fourth-order valence-corrected chi connectivity index (χ4v) is 1.29. The zero-order valence-electron chi connectivity index (χ0n) is 4.55. The molecule has 0 radical (unpaired) electrons. The summed E-state index contributed by atoms with van der Waals surface area (Å²) in [5.74, 6) is -0.162. The van der Waals surface area contributed by atoms with Gasteiger partial charge in [0.05, 0.1) is 5.75 Å². The number of hydrogen-bond donors (Lipinski definition) is 1. The van der Waals surface area contributed by atoms with E-state index in [1.165, 1.54) is 0 Å². The lowest BCUT2D eigenvalue weighted by Gasteiger charge is -1.96. The lowest BCUT2D eigenvalue weighted by Crippen LogP contribution is -2.17. The molecule has 0 aliphatic heterocycles. The first-order valence-electron chi connectivity index (χ1n) is 2.20. The summed E-state index contributed by atoms with van der Waals surface area (Å²) >= 11 is 10.5. The third kappa shape index (κ3) is 8.49. The maximum atomic E-state index is 10.2. The fraction of sp³-hybridized carbons (Fsp3) is 1.00. The predicted molar refractivity (Wildman–Crippen MR) is 38.1 cm³/mol. The Labute approximate surface area is 64.2 Å². The molecule has 0 fully saturated rings. The molecule has 0 saturated heterocycles. The van der Waals surface area contributed by atoms with E-state index in [2.05, 4.69) is 5.14 Å². The van der Waals surface area contributed by atoms with Crippen molar-refractivity contribution in [3.05, 3.63) is 0 Å². The van der Waals surface area contributed by atoms with Gasteiger partial charge in [0.2, 0.25) is 10.0 Å². The average Bonchev–Trinajstić information content (AvgIpc) is 1.59. The normalized spacial score (nSPS) is 12.4. The van der Waals surface area contributed by atoms with Crippen LogP contribution in [0, 0.1) is 0 Å². The summed E-state index contributed by atoms with van der Waals surface area (Å²) in [6, 6.07) is 0. The molecule has 0 rings (SSSR count). The number of sulfonamides is 1. The number of rotatable bonds is 3. The molecule has 0 atom stereocenters. The molecule has 56 valence electrons. The fourth-order valence-electron chi connectivity index (χ4n) is 0.253. The zero-order valence-corrected chi connectivity index (χ0v) is 6.88. The highest BCUT2D eigenvalue weighted by Crippen LogP contribution is 2.06. The van der Waals surface area contributed by atoms with Crippen LogP contribution in [-0.2, 0) is 10.0 Å². The van der Waals surface area contributed by atoms with E-state index < -0.39 is 14.9 Å². The summed E-state index contributed by atoms with van der Waals surface area (Å²) < 4.78 is 20.4. The molecule has 0 amide bonds. The highest BCUT2D eigenvalue weighted by Gasteiger charge is 2.05. The highest BCUT2D eigenvalue weighted by atomic mass is 35.5. The molecule has 6 heteroatoms. The Balaban J connectivity index is 3.53. The summed E-state index contributed by atoms with van der Waals surface area (Å²) in [6.07, 6.45) is 0.182. The van der Waals surface area contributed by atoms with E-state index in [4.69, 9.17) is 23.2 Å². The van der Waals surface area contributed by atoms with Crippen molar-refractivity contribution >= 4 is 33.2 Å². The van der Waals surface area contributed by atoms with Crippen LogP contribution < -0.4 is 5.14 Å². The Kier molecular flexibility index (Phi) is 3.80. The van der Waals surface area contributed by atoms with Gasteiger partial charge in [-0.05, 0) is 6.42 Å². The van der Waals surface area contributed by atoms with Crippen LogP contribution in [0.2, 0.25) is 0 Å². The first kappa shape index (κ1) is 9.49. The molecular formula is C3H7Cl2NO2S. The van der Waals surface area contributed by atoms with Crippen molar-refractivity contribution in [2.75, 3.05) is 5.75 Å². The van der Waals surface area contributed by atoms with Gasteiger partial charge in [0, 0.05) is 0 Å². The SMILES string of the molecule is NS(=O)(=O)CCC(Cl)Cl. The molecule has 0 unspecified atom stereocenters. The van der Waals surface area contributed by atoms with Crippen LogP contribution in [0.4, 0.5) is 0 Å². The van der Waals surface area contributed by atoms with Gasteiger partial charge < -0.3 is 0 Å². The van der Waals surface area contributed by atoms with Crippen molar-refractivity contribution < 1.29 is 8.42 Å². The summed E-state index contributed by atoms with van der Waals surface area (Å²) in [6.45, 7) is 0. The maximum Gasteiger partial charge on any atom is 0.209 e. The molecule has 0 aliphatic carbocycles. The second-order valence-corrected chi connectivity index (χ2v) is 4.56. The van der Waals surface area contributed by atoms with Gasteiger partial charge >= 0.3 is 0 Å². The van der Waals surface area contributed by atoms with E-state index >= 15 is 0 Å². The lowest BCUT2D eigenvalue weighted by molar-refractivity contribution is 0.596. The Hall–Kier alpha value is 0.490. The van der Waals surface area contributed by atoms with Gasteiger partial charge in [0.1, 0.15) is 4.84 Å².